The molecule has 5 nitrogen and oxygen atoms in total. The molecule has 27 heavy (non-hydrogen) atoms. The van der Waals surface area contributed by atoms with E-state index in [0.717, 1.165) is 11.1 Å². The van der Waals surface area contributed by atoms with E-state index in [0.29, 0.717) is 36.9 Å². The molecule has 0 spiro atoms. The van der Waals surface area contributed by atoms with E-state index in [4.69, 9.17) is 16.3 Å². The molecule has 0 bridgehead atoms. The number of hydrogen-bond donors (Lipinski definition) is 1. The van der Waals surface area contributed by atoms with Crippen molar-refractivity contribution in [1.82, 2.24) is 10.2 Å². The zero-order chi connectivity index (χ0) is 19.2. The summed E-state index contributed by atoms with van der Waals surface area (Å²) in [5.41, 5.74) is 2.57. The average Bonchev–Trinajstić information content (AvgIpc) is 2.69. The van der Waals surface area contributed by atoms with Crippen molar-refractivity contribution in [2.24, 2.45) is 0 Å². The highest BCUT2D eigenvalue weighted by atomic mass is 35.5. The van der Waals surface area contributed by atoms with E-state index in [2.05, 4.69) is 5.32 Å². The van der Waals surface area contributed by atoms with Crippen molar-refractivity contribution < 1.29 is 14.3 Å². The summed E-state index contributed by atoms with van der Waals surface area (Å²) in [5, 5.41) is 3.38. The summed E-state index contributed by atoms with van der Waals surface area (Å²) >= 11 is 5.93. The summed E-state index contributed by atoms with van der Waals surface area (Å²) in [6.07, 6.45) is 1.67. The number of carbonyl (C=O) groups is 2. The number of aryl methyl sites for hydroxylation is 1. The monoisotopic (exact) mass is 384 g/mol. The lowest BCUT2D eigenvalue weighted by Gasteiger charge is -2.27. The Morgan fingerprint density at radius 2 is 1.67 bits per heavy atom. The molecule has 0 aliphatic carbocycles. The minimum Gasteiger partial charge on any atom is -0.378 e. The zero-order valence-electron chi connectivity index (χ0n) is 15.1. The maximum absolute atomic E-state index is 13.0. The van der Waals surface area contributed by atoms with Crippen molar-refractivity contribution in [3.63, 3.8) is 0 Å². The molecule has 0 atom stereocenters. The lowest BCUT2D eigenvalue weighted by Crippen LogP contribution is -2.44. The fourth-order valence-electron chi connectivity index (χ4n) is 2.71. The molecule has 3 rings (SSSR count). The fraction of sp³-hybridized carbons (Fsp3) is 0.238. The Balaban J connectivity index is 1.86. The molecule has 0 saturated carbocycles. The second-order valence-corrected chi connectivity index (χ2v) is 6.77. The Kier molecular flexibility index (Phi) is 6.27. The quantitative estimate of drug-likeness (QED) is 0.823. The molecule has 1 fully saturated rings. The fourth-order valence-corrected chi connectivity index (χ4v) is 2.84. The Bertz CT molecular complexity index is 839. The van der Waals surface area contributed by atoms with Gasteiger partial charge >= 0.3 is 0 Å². The number of morpholine rings is 1. The van der Waals surface area contributed by atoms with Crippen LogP contribution in [0.3, 0.4) is 0 Å². The van der Waals surface area contributed by atoms with Gasteiger partial charge in [-0.3, -0.25) is 9.59 Å². The summed E-state index contributed by atoms with van der Waals surface area (Å²) in [5.74, 6) is -0.550. The number of nitrogens with zero attached hydrogens (tertiary/aromatic N) is 1. The van der Waals surface area contributed by atoms with Crippen LogP contribution in [0.5, 0.6) is 0 Å². The smallest absolute Gasteiger partial charge is 0.270 e. The van der Waals surface area contributed by atoms with Gasteiger partial charge in [0.15, 0.2) is 0 Å². The number of halogens is 1. The van der Waals surface area contributed by atoms with Gasteiger partial charge in [-0.25, -0.2) is 0 Å². The van der Waals surface area contributed by atoms with Gasteiger partial charge in [-0.2, -0.15) is 0 Å². The second-order valence-electron chi connectivity index (χ2n) is 6.33. The third kappa shape index (κ3) is 5.18. The molecule has 1 aliphatic heterocycles. The Hall–Kier alpha value is -2.63. The van der Waals surface area contributed by atoms with Crippen LogP contribution in [0.4, 0.5) is 0 Å². The van der Waals surface area contributed by atoms with E-state index in [-0.39, 0.29) is 17.5 Å². The summed E-state index contributed by atoms with van der Waals surface area (Å²) in [4.78, 5) is 27.3. The van der Waals surface area contributed by atoms with Crippen LogP contribution < -0.4 is 5.32 Å². The molecule has 2 aromatic carbocycles. The van der Waals surface area contributed by atoms with Crippen molar-refractivity contribution in [1.29, 1.82) is 0 Å². The molecule has 140 valence electrons. The van der Waals surface area contributed by atoms with Crippen LogP contribution >= 0.6 is 11.6 Å². The SMILES string of the molecule is Cc1ccc(C(=O)N/C(=C/c2ccc(Cl)cc2)C(=O)N2CCOCC2)cc1. The summed E-state index contributed by atoms with van der Waals surface area (Å²) < 4.78 is 5.31. The lowest BCUT2D eigenvalue weighted by molar-refractivity contribution is -0.131. The minimum absolute atomic E-state index is 0.227. The standard InChI is InChI=1S/C21H21ClN2O3/c1-15-2-6-17(7-3-15)20(25)23-19(14-16-4-8-18(22)9-5-16)21(26)24-10-12-27-13-11-24/h2-9,14H,10-13H2,1H3,(H,23,25)/b19-14+. The van der Waals surface area contributed by atoms with Crippen LogP contribution in [0, 0.1) is 6.92 Å². The molecule has 1 heterocycles. The molecule has 2 aromatic rings. The highest BCUT2D eigenvalue weighted by Crippen LogP contribution is 2.14. The van der Waals surface area contributed by atoms with Gasteiger partial charge in [-0.15, -0.1) is 0 Å². The van der Waals surface area contributed by atoms with Gasteiger partial charge in [0.2, 0.25) is 0 Å². The van der Waals surface area contributed by atoms with Crippen molar-refractivity contribution in [2.45, 2.75) is 6.92 Å². The topological polar surface area (TPSA) is 58.6 Å². The molecule has 1 N–H and O–H groups in total. The number of amides is 2. The van der Waals surface area contributed by atoms with Crippen LogP contribution in [0.1, 0.15) is 21.5 Å². The van der Waals surface area contributed by atoms with E-state index in [1.165, 1.54) is 0 Å². The van der Waals surface area contributed by atoms with Gasteiger partial charge in [-0.1, -0.05) is 41.4 Å². The zero-order valence-corrected chi connectivity index (χ0v) is 15.8. The summed E-state index contributed by atoms with van der Waals surface area (Å²) in [6.45, 7) is 3.93. The minimum atomic E-state index is -0.322. The van der Waals surface area contributed by atoms with Gasteiger partial charge in [0.1, 0.15) is 5.70 Å². The van der Waals surface area contributed by atoms with Crippen LogP contribution in [-0.2, 0) is 9.53 Å². The van der Waals surface area contributed by atoms with E-state index in [9.17, 15) is 9.59 Å². The molecule has 0 radical (unpaired) electrons. The number of carbonyl (C=O) groups excluding carboxylic acids is 2. The Labute approximate surface area is 163 Å². The number of ether oxygens (including phenoxy) is 1. The molecule has 2 amide bonds. The first-order chi connectivity index (χ1) is 13.0. The lowest BCUT2D eigenvalue weighted by atomic mass is 10.1. The first-order valence-electron chi connectivity index (χ1n) is 8.75. The van der Waals surface area contributed by atoms with Gasteiger partial charge in [0.05, 0.1) is 13.2 Å². The van der Waals surface area contributed by atoms with Crippen LogP contribution in [0.2, 0.25) is 5.02 Å². The predicted octanol–water partition coefficient (Wildman–Crippen LogP) is 3.28. The van der Waals surface area contributed by atoms with Gasteiger partial charge in [0, 0.05) is 23.7 Å². The number of rotatable bonds is 4. The number of hydrogen-bond acceptors (Lipinski definition) is 3. The molecule has 6 heteroatoms. The normalized spacial score (nSPS) is 14.7. The second kappa shape index (κ2) is 8.84. The molecule has 0 aromatic heterocycles. The van der Waals surface area contributed by atoms with Crippen molar-refractivity contribution in [2.75, 3.05) is 26.3 Å². The van der Waals surface area contributed by atoms with Gasteiger partial charge in [0.25, 0.3) is 11.8 Å². The van der Waals surface area contributed by atoms with E-state index in [1.54, 1.807) is 47.4 Å². The van der Waals surface area contributed by atoms with Crippen molar-refractivity contribution >= 4 is 29.5 Å². The number of nitrogens with one attached hydrogen (secondary N) is 1. The molecule has 1 saturated heterocycles. The van der Waals surface area contributed by atoms with Gasteiger partial charge in [-0.05, 0) is 42.8 Å². The first kappa shape index (κ1) is 19.1. The molecular formula is C21H21ClN2O3. The van der Waals surface area contributed by atoms with Crippen LogP contribution in [0.15, 0.2) is 54.2 Å². The van der Waals surface area contributed by atoms with Gasteiger partial charge < -0.3 is 15.0 Å². The predicted molar refractivity (Wildman–Crippen MR) is 105 cm³/mol. The Morgan fingerprint density at radius 3 is 2.30 bits per heavy atom. The third-order valence-electron chi connectivity index (χ3n) is 4.27. The third-order valence-corrected chi connectivity index (χ3v) is 4.52. The number of benzene rings is 2. The van der Waals surface area contributed by atoms with E-state index in [1.807, 2.05) is 19.1 Å². The molecule has 1 aliphatic rings. The molecule has 0 unspecified atom stereocenters. The maximum Gasteiger partial charge on any atom is 0.270 e. The van der Waals surface area contributed by atoms with Crippen molar-refractivity contribution in [3.05, 3.63) is 75.9 Å². The maximum atomic E-state index is 13.0. The van der Waals surface area contributed by atoms with Crippen molar-refractivity contribution in [3.8, 4) is 0 Å². The first-order valence-corrected chi connectivity index (χ1v) is 9.13. The van der Waals surface area contributed by atoms with E-state index < -0.39 is 0 Å². The largest absolute Gasteiger partial charge is 0.378 e. The highest BCUT2D eigenvalue weighted by Gasteiger charge is 2.22. The molecular weight excluding hydrogens is 364 g/mol. The highest BCUT2D eigenvalue weighted by molar-refractivity contribution is 6.30. The average molecular weight is 385 g/mol. The van der Waals surface area contributed by atoms with E-state index >= 15 is 0 Å². The summed E-state index contributed by atoms with van der Waals surface area (Å²) in [6, 6.07) is 14.3. The summed E-state index contributed by atoms with van der Waals surface area (Å²) in [7, 11) is 0. The van der Waals surface area contributed by atoms with Crippen LogP contribution in [-0.4, -0.2) is 43.0 Å². The van der Waals surface area contributed by atoms with Crippen LogP contribution in [0.25, 0.3) is 6.08 Å². The Morgan fingerprint density at radius 1 is 1.04 bits per heavy atom.